The van der Waals surface area contributed by atoms with Gasteiger partial charge in [0.15, 0.2) is 5.15 Å². The van der Waals surface area contributed by atoms with Crippen LogP contribution >= 0.6 is 11.6 Å². The lowest BCUT2D eigenvalue weighted by molar-refractivity contribution is 0.782. The standard InChI is InChI=1S/C8H9ClN4/c1-4-6-7(13(3)12-4)8(9)11-5(2)10-6/h1-3H3. The third kappa shape index (κ3) is 1.18. The van der Waals surface area contributed by atoms with Gasteiger partial charge in [0.05, 0.1) is 5.69 Å². The van der Waals surface area contributed by atoms with Gasteiger partial charge >= 0.3 is 0 Å². The van der Waals surface area contributed by atoms with E-state index in [-0.39, 0.29) is 0 Å². The first-order valence-electron chi connectivity index (χ1n) is 3.93. The minimum atomic E-state index is 0.464. The second-order valence-corrected chi connectivity index (χ2v) is 3.33. The zero-order valence-electron chi connectivity index (χ0n) is 7.67. The van der Waals surface area contributed by atoms with Gasteiger partial charge in [0.1, 0.15) is 16.9 Å². The Bertz CT molecular complexity index is 474. The molecule has 2 heterocycles. The van der Waals surface area contributed by atoms with Crippen LogP contribution in [0.3, 0.4) is 0 Å². The SMILES string of the molecule is Cc1nc(Cl)c2c(n1)c(C)nn2C. The molecule has 2 aromatic rings. The molecule has 0 saturated heterocycles. The maximum atomic E-state index is 5.97. The van der Waals surface area contributed by atoms with E-state index in [2.05, 4.69) is 15.1 Å². The minimum Gasteiger partial charge on any atom is -0.263 e. The van der Waals surface area contributed by atoms with Gasteiger partial charge in [-0.05, 0) is 13.8 Å². The maximum Gasteiger partial charge on any atom is 0.158 e. The van der Waals surface area contributed by atoms with Gasteiger partial charge in [0, 0.05) is 7.05 Å². The van der Waals surface area contributed by atoms with Crippen molar-refractivity contribution >= 4 is 22.6 Å². The van der Waals surface area contributed by atoms with E-state index < -0.39 is 0 Å². The molecule has 0 aliphatic carbocycles. The van der Waals surface area contributed by atoms with Gasteiger partial charge in [-0.2, -0.15) is 5.10 Å². The molecule has 0 aliphatic heterocycles. The van der Waals surface area contributed by atoms with Gasteiger partial charge in [0.25, 0.3) is 0 Å². The summed E-state index contributed by atoms with van der Waals surface area (Å²) in [4.78, 5) is 8.35. The van der Waals surface area contributed by atoms with Gasteiger partial charge in [-0.25, -0.2) is 9.97 Å². The highest BCUT2D eigenvalue weighted by molar-refractivity contribution is 6.33. The zero-order valence-corrected chi connectivity index (χ0v) is 8.42. The van der Waals surface area contributed by atoms with E-state index in [4.69, 9.17) is 11.6 Å². The summed E-state index contributed by atoms with van der Waals surface area (Å²) in [6, 6.07) is 0. The molecule has 0 atom stereocenters. The van der Waals surface area contributed by atoms with Crippen molar-refractivity contribution in [2.45, 2.75) is 13.8 Å². The number of aryl methyl sites for hydroxylation is 3. The molecule has 5 heteroatoms. The van der Waals surface area contributed by atoms with E-state index >= 15 is 0 Å². The highest BCUT2D eigenvalue weighted by Gasteiger charge is 2.11. The summed E-state index contributed by atoms with van der Waals surface area (Å²) < 4.78 is 1.70. The fourth-order valence-corrected chi connectivity index (χ4v) is 1.73. The first kappa shape index (κ1) is 8.44. The van der Waals surface area contributed by atoms with E-state index in [0.717, 1.165) is 16.7 Å². The lowest BCUT2D eigenvalue weighted by Crippen LogP contribution is -1.94. The smallest absolute Gasteiger partial charge is 0.158 e. The minimum absolute atomic E-state index is 0.464. The quantitative estimate of drug-likeness (QED) is 0.602. The molecule has 13 heavy (non-hydrogen) atoms. The van der Waals surface area contributed by atoms with Crippen molar-refractivity contribution in [1.29, 1.82) is 0 Å². The number of rotatable bonds is 0. The molecule has 2 aromatic heterocycles. The van der Waals surface area contributed by atoms with Gasteiger partial charge in [-0.15, -0.1) is 0 Å². The topological polar surface area (TPSA) is 43.6 Å². The number of fused-ring (bicyclic) bond motifs is 1. The summed E-state index contributed by atoms with van der Waals surface area (Å²) in [6.45, 7) is 3.73. The summed E-state index contributed by atoms with van der Waals surface area (Å²) in [7, 11) is 1.83. The van der Waals surface area contributed by atoms with Crippen LogP contribution in [0.1, 0.15) is 11.5 Å². The van der Waals surface area contributed by atoms with Gasteiger partial charge < -0.3 is 0 Å². The summed E-state index contributed by atoms with van der Waals surface area (Å²) in [6.07, 6.45) is 0. The lowest BCUT2D eigenvalue weighted by Gasteiger charge is -1.97. The van der Waals surface area contributed by atoms with Crippen LogP contribution in [0.15, 0.2) is 0 Å². The predicted octanol–water partition coefficient (Wildman–Crippen LogP) is 1.63. The van der Waals surface area contributed by atoms with E-state index in [1.807, 2.05) is 20.9 Å². The molecule has 0 bridgehead atoms. The molecule has 0 fully saturated rings. The second-order valence-electron chi connectivity index (χ2n) is 2.97. The van der Waals surface area contributed by atoms with Crippen LogP contribution in [-0.4, -0.2) is 19.7 Å². The fraction of sp³-hybridized carbons (Fsp3) is 0.375. The van der Waals surface area contributed by atoms with Crippen LogP contribution in [0.4, 0.5) is 0 Å². The van der Waals surface area contributed by atoms with Crippen LogP contribution in [0.2, 0.25) is 5.15 Å². The Morgan fingerprint density at radius 1 is 1.23 bits per heavy atom. The molecule has 0 aromatic carbocycles. The number of hydrogen-bond acceptors (Lipinski definition) is 3. The zero-order chi connectivity index (χ0) is 9.59. The van der Waals surface area contributed by atoms with Crippen LogP contribution in [0, 0.1) is 13.8 Å². The van der Waals surface area contributed by atoms with E-state index in [1.165, 1.54) is 0 Å². The van der Waals surface area contributed by atoms with Crippen molar-refractivity contribution in [3.05, 3.63) is 16.7 Å². The molecular formula is C8H9ClN4. The molecule has 0 amide bonds. The summed E-state index contributed by atoms with van der Waals surface area (Å²) in [5.41, 5.74) is 2.51. The van der Waals surface area contributed by atoms with Crippen LogP contribution in [-0.2, 0) is 7.05 Å². The van der Waals surface area contributed by atoms with Crippen LogP contribution in [0.5, 0.6) is 0 Å². The highest BCUT2D eigenvalue weighted by Crippen LogP contribution is 2.21. The summed E-state index contributed by atoms with van der Waals surface area (Å²) >= 11 is 5.97. The second kappa shape index (κ2) is 2.67. The molecule has 4 nitrogen and oxygen atoms in total. The predicted molar refractivity (Wildman–Crippen MR) is 50.8 cm³/mol. The van der Waals surface area contributed by atoms with Gasteiger partial charge in [-0.1, -0.05) is 11.6 Å². The van der Waals surface area contributed by atoms with Crippen LogP contribution < -0.4 is 0 Å². The highest BCUT2D eigenvalue weighted by atomic mass is 35.5. The molecule has 2 rings (SSSR count). The average Bonchev–Trinajstić information content (AvgIpc) is 2.27. The molecule has 0 N–H and O–H groups in total. The Morgan fingerprint density at radius 3 is 2.62 bits per heavy atom. The van der Waals surface area contributed by atoms with Crippen molar-refractivity contribution in [2.24, 2.45) is 7.05 Å². The average molecular weight is 197 g/mol. The van der Waals surface area contributed by atoms with Gasteiger partial charge in [-0.3, -0.25) is 4.68 Å². The number of hydrogen-bond donors (Lipinski definition) is 0. The monoisotopic (exact) mass is 196 g/mol. The Kier molecular flexibility index (Phi) is 1.73. The molecule has 68 valence electrons. The van der Waals surface area contributed by atoms with Crippen molar-refractivity contribution in [3.63, 3.8) is 0 Å². The van der Waals surface area contributed by atoms with E-state index in [9.17, 15) is 0 Å². The number of nitrogens with zero attached hydrogens (tertiary/aromatic N) is 4. The largest absolute Gasteiger partial charge is 0.263 e. The molecule has 0 saturated carbocycles. The first-order valence-corrected chi connectivity index (χ1v) is 4.31. The molecule has 0 aliphatic rings. The number of aromatic nitrogens is 4. The summed E-state index contributed by atoms with van der Waals surface area (Å²) in [5, 5.41) is 4.69. The molecular weight excluding hydrogens is 188 g/mol. The molecule has 0 unspecified atom stereocenters. The van der Waals surface area contributed by atoms with E-state index in [0.29, 0.717) is 11.0 Å². The van der Waals surface area contributed by atoms with Crippen molar-refractivity contribution in [3.8, 4) is 0 Å². The molecule has 0 spiro atoms. The Labute approximate surface area is 80.6 Å². The normalized spacial score (nSPS) is 11.1. The fourth-order valence-electron chi connectivity index (χ4n) is 1.39. The first-order chi connectivity index (χ1) is 6.09. The van der Waals surface area contributed by atoms with Crippen LogP contribution in [0.25, 0.3) is 11.0 Å². The molecule has 0 radical (unpaired) electrons. The van der Waals surface area contributed by atoms with Crippen molar-refractivity contribution < 1.29 is 0 Å². The Morgan fingerprint density at radius 2 is 1.92 bits per heavy atom. The van der Waals surface area contributed by atoms with E-state index in [1.54, 1.807) is 4.68 Å². The summed E-state index contributed by atoms with van der Waals surface area (Å²) in [5.74, 6) is 0.675. The van der Waals surface area contributed by atoms with Gasteiger partial charge in [0.2, 0.25) is 0 Å². The third-order valence-electron chi connectivity index (χ3n) is 1.92. The third-order valence-corrected chi connectivity index (χ3v) is 2.18. The Hall–Kier alpha value is -1.16. The maximum absolute atomic E-state index is 5.97. The lowest BCUT2D eigenvalue weighted by atomic mass is 10.3. The Balaban J connectivity index is 2.97. The van der Waals surface area contributed by atoms with Crippen molar-refractivity contribution in [2.75, 3.05) is 0 Å². The number of halogens is 1. The van der Waals surface area contributed by atoms with Crippen molar-refractivity contribution in [1.82, 2.24) is 19.7 Å².